The number of hydrogen-bond acceptors (Lipinski definition) is 1. The molecule has 0 fully saturated rings. The van der Waals surface area contributed by atoms with Crippen molar-refractivity contribution in [2.24, 2.45) is 0 Å². The highest BCUT2D eigenvalue weighted by molar-refractivity contribution is 6.12. The maximum absolute atomic E-state index is 3.67. The molecule has 0 bridgehead atoms. The number of nitrogens with zero attached hydrogens (tertiary/aromatic N) is 1. The van der Waals surface area contributed by atoms with Gasteiger partial charge in [0.15, 0.2) is 0 Å². The molecule has 0 N–H and O–H groups in total. The lowest BCUT2D eigenvalue weighted by molar-refractivity contribution is 0.421. The van der Waals surface area contributed by atoms with Crippen LogP contribution in [0.15, 0.2) is 12.7 Å². The Kier molecular flexibility index (Phi) is 2.95. The summed E-state index contributed by atoms with van der Waals surface area (Å²) in [6, 6.07) is 0. The second-order valence-electron chi connectivity index (χ2n) is 1.94. The molecule has 0 aromatic heterocycles. The molecule has 0 aliphatic rings. The monoisotopic (exact) mass is 115 g/mol. The van der Waals surface area contributed by atoms with E-state index in [2.05, 4.69) is 25.6 Å². The first kappa shape index (κ1) is 6.92. The third-order valence-corrected chi connectivity index (χ3v) is 2.66. The highest BCUT2D eigenvalue weighted by Gasteiger charge is 1.93. The predicted octanol–water partition coefficient (Wildman–Crippen LogP) is -0.575. The van der Waals surface area contributed by atoms with Crippen LogP contribution in [0.2, 0.25) is 0 Å². The molecule has 0 aromatic carbocycles. The van der Waals surface area contributed by atoms with Crippen LogP contribution in [0.25, 0.3) is 0 Å². The summed E-state index contributed by atoms with van der Waals surface area (Å²) in [6.07, 6.45) is 1.98. The lowest BCUT2D eigenvalue weighted by Crippen LogP contribution is -2.25. The fourth-order valence-electron chi connectivity index (χ4n) is 0.211. The van der Waals surface area contributed by atoms with Gasteiger partial charge in [-0.25, -0.2) is 0 Å². The highest BCUT2D eigenvalue weighted by atomic mass is 28.1. The van der Waals surface area contributed by atoms with Gasteiger partial charge < -0.3 is 4.90 Å². The van der Waals surface area contributed by atoms with Gasteiger partial charge in [-0.3, -0.25) is 0 Å². The Labute approximate surface area is 48.4 Å². The maximum atomic E-state index is 3.67. The van der Waals surface area contributed by atoms with Crippen LogP contribution in [0.5, 0.6) is 0 Å². The van der Waals surface area contributed by atoms with Gasteiger partial charge in [0.1, 0.15) is 0 Å². The summed E-state index contributed by atoms with van der Waals surface area (Å²) in [6.45, 7) is 3.67. The molecule has 7 heavy (non-hydrogen) atoms. The van der Waals surface area contributed by atoms with Crippen molar-refractivity contribution < 1.29 is 0 Å². The normalized spacial score (nSPS) is 14.7. The van der Waals surface area contributed by atoms with Crippen molar-refractivity contribution in [3.8, 4) is 0 Å². The molecule has 0 heterocycles. The largest absolute Gasteiger partial charge is 0.307 e. The van der Waals surface area contributed by atoms with Gasteiger partial charge in [-0.2, -0.15) is 0 Å². The summed E-state index contributed by atoms with van der Waals surface area (Å²) >= 11 is 0. The summed E-state index contributed by atoms with van der Waals surface area (Å²) in [7, 11) is 5.32. The van der Waals surface area contributed by atoms with Gasteiger partial charge in [-0.1, -0.05) is 6.08 Å². The molecule has 42 valence electrons. The quantitative estimate of drug-likeness (QED) is 0.344. The second-order valence-corrected chi connectivity index (χ2v) is 3.12. The molecule has 1 unspecified atom stereocenters. The summed E-state index contributed by atoms with van der Waals surface area (Å²) in [5.41, 5.74) is 0.639. The van der Waals surface area contributed by atoms with Crippen molar-refractivity contribution in [2.75, 3.05) is 14.1 Å². The lowest BCUT2D eigenvalue weighted by Gasteiger charge is -2.13. The molecule has 0 aliphatic carbocycles. The Morgan fingerprint density at radius 2 is 2.14 bits per heavy atom. The van der Waals surface area contributed by atoms with E-state index in [0.29, 0.717) is 5.67 Å². The Balaban J connectivity index is 3.33. The molecule has 2 heteroatoms. The van der Waals surface area contributed by atoms with E-state index >= 15 is 0 Å². The molecular weight excluding hydrogens is 102 g/mol. The minimum atomic E-state index is 0.639. The SMILES string of the molecule is C=CC([SiH3])N(C)C. The molecule has 1 nitrogen and oxygen atoms in total. The minimum absolute atomic E-state index is 0.639. The van der Waals surface area contributed by atoms with Gasteiger partial charge in [0.2, 0.25) is 0 Å². The maximum Gasteiger partial charge on any atom is 0.0292 e. The van der Waals surface area contributed by atoms with Crippen molar-refractivity contribution >= 4 is 10.2 Å². The van der Waals surface area contributed by atoms with Crippen LogP contribution < -0.4 is 0 Å². The Bertz CT molecular complexity index is 61.1. The number of likely N-dealkylation sites (N-methyl/N-ethyl adjacent to an activating group) is 1. The van der Waals surface area contributed by atoms with Crippen molar-refractivity contribution in [3.05, 3.63) is 12.7 Å². The first-order chi connectivity index (χ1) is 3.18. The average molecular weight is 115 g/mol. The van der Waals surface area contributed by atoms with Gasteiger partial charge in [0.25, 0.3) is 0 Å². The van der Waals surface area contributed by atoms with Crippen LogP contribution in [-0.2, 0) is 0 Å². The molecule has 0 aromatic rings. The van der Waals surface area contributed by atoms with Crippen LogP contribution in [0.1, 0.15) is 0 Å². The van der Waals surface area contributed by atoms with E-state index in [1.807, 2.05) is 6.08 Å². The molecule has 0 rings (SSSR count). The smallest absolute Gasteiger partial charge is 0.0292 e. The van der Waals surface area contributed by atoms with E-state index in [9.17, 15) is 0 Å². The van der Waals surface area contributed by atoms with Gasteiger partial charge in [-0.05, 0) is 14.1 Å². The molecule has 0 aliphatic heterocycles. The number of hydrogen-bond donors (Lipinski definition) is 0. The van der Waals surface area contributed by atoms with E-state index in [0.717, 1.165) is 0 Å². The first-order valence-electron chi connectivity index (χ1n) is 2.47. The van der Waals surface area contributed by atoms with Crippen molar-refractivity contribution in [3.63, 3.8) is 0 Å². The topological polar surface area (TPSA) is 3.24 Å². The van der Waals surface area contributed by atoms with E-state index in [1.54, 1.807) is 0 Å². The zero-order valence-corrected chi connectivity index (χ0v) is 7.31. The number of rotatable bonds is 2. The van der Waals surface area contributed by atoms with Crippen molar-refractivity contribution in [1.82, 2.24) is 4.90 Å². The standard InChI is InChI=1S/C5H13NSi/c1-4-5(7)6(2)3/h4-5H,1H2,2-3,7H3. The van der Waals surface area contributed by atoms with E-state index in [4.69, 9.17) is 0 Å². The fraction of sp³-hybridized carbons (Fsp3) is 0.600. The third kappa shape index (κ3) is 2.59. The highest BCUT2D eigenvalue weighted by Crippen LogP contribution is 1.83. The molecule has 0 saturated carbocycles. The van der Waals surface area contributed by atoms with Crippen molar-refractivity contribution in [1.29, 1.82) is 0 Å². The Morgan fingerprint density at radius 1 is 1.71 bits per heavy atom. The molecule has 1 atom stereocenters. The van der Waals surface area contributed by atoms with E-state index < -0.39 is 0 Å². The molecule has 0 saturated heterocycles. The van der Waals surface area contributed by atoms with Crippen LogP contribution in [-0.4, -0.2) is 34.9 Å². The molecule has 0 spiro atoms. The van der Waals surface area contributed by atoms with Gasteiger partial charge >= 0.3 is 0 Å². The van der Waals surface area contributed by atoms with Crippen LogP contribution in [0, 0.1) is 0 Å². The first-order valence-corrected chi connectivity index (χ1v) is 3.63. The van der Waals surface area contributed by atoms with E-state index in [1.165, 1.54) is 10.2 Å². The molecule has 0 radical (unpaired) electrons. The van der Waals surface area contributed by atoms with E-state index in [-0.39, 0.29) is 0 Å². The molecular formula is C5H13NSi. The van der Waals surface area contributed by atoms with Crippen LogP contribution >= 0.6 is 0 Å². The second kappa shape index (κ2) is 2.99. The minimum Gasteiger partial charge on any atom is -0.307 e. The van der Waals surface area contributed by atoms with Gasteiger partial charge in [0.05, 0.1) is 0 Å². The third-order valence-electron chi connectivity index (χ3n) is 1.16. The zero-order chi connectivity index (χ0) is 5.86. The fourth-order valence-corrected chi connectivity index (χ4v) is 0.211. The Hall–Kier alpha value is -0.0831. The Morgan fingerprint density at radius 3 is 2.14 bits per heavy atom. The van der Waals surface area contributed by atoms with Gasteiger partial charge in [-0.15, -0.1) is 6.58 Å². The predicted molar refractivity (Wildman–Crippen MR) is 37.6 cm³/mol. The lowest BCUT2D eigenvalue weighted by atomic mass is 10.6. The average Bonchev–Trinajstić information content (AvgIpc) is 1.65. The van der Waals surface area contributed by atoms with Crippen molar-refractivity contribution in [2.45, 2.75) is 5.67 Å². The summed E-state index contributed by atoms with van der Waals surface area (Å²) in [5, 5.41) is 0. The van der Waals surface area contributed by atoms with Gasteiger partial charge in [0, 0.05) is 15.9 Å². The summed E-state index contributed by atoms with van der Waals surface area (Å²) in [4.78, 5) is 2.17. The van der Waals surface area contributed by atoms with Crippen LogP contribution in [0.4, 0.5) is 0 Å². The summed E-state index contributed by atoms with van der Waals surface area (Å²) < 4.78 is 0. The zero-order valence-electron chi connectivity index (χ0n) is 5.31. The van der Waals surface area contributed by atoms with Crippen LogP contribution in [0.3, 0.4) is 0 Å². The summed E-state index contributed by atoms with van der Waals surface area (Å²) in [5.74, 6) is 0. The molecule has 0 amide bonds.